The van der Waals surface area contributed by atoms with Crippen LogP contribution >= 0.6 is 0 Å². The maximum Gasteiger partial charge on any atom is 0.309 e. The van der Waals surface area contributed by atoms with Crippen molar-refractivity contribution in [1.82, 2.24) is 14.8 Å². The number of ether oxygens (including phenoxy) is 1. The van der Waals surface area contributed by atoms with Crippen molar-refractivity contribution >= 4 is 27.8 Å². The van der Waals surface area contributed by atoms with Gasteiger partial charge in [0.15, 0.2) is 5.82 Å². The lowest BCUT2D eigenvalue weighted by atomic mass is 9.80. The van der Waals surface area contributed by atoms with Crippen molar-refractivity contribution in [2.24, 2.45) is 5.41 Å². The van der Waals surface area contributed by atoms with Crippen LogP contribution in [0, 0.1) is 24.0 Å². The van der Waals surface area contributed by atoms with E-state index in [1.165, 1.54) is 6.07 Å². The van der Waals surface area contributed by atoms with Gasteiger partial charge in [0, 0.05) is 34.7 Å². The molecule has 2 N–H and O–H groups in total. The van der Waals surface area contributed by atoms with Gasteiger partial charge in [0.1, 0.15) is 11.3 Å². The number of aryl methyl sites for hydroxylation is 1. The van der Waals surface area contributed by atoms with Crippen molar-refractivity contribution in [3.8, 4) is 5.69 Å². The van der Waals surface area contributed by atoms with E-state index in [1.807, 2.05) is 24.5 Å². The molecule has 4 aromatic rings. The lowest BCUT2D eigenvalue weighted by Crippen LogP contribution is -2.29. The van der Waals surface area contributed by atoms with E-state index in [0.29, 0.717) is 58.9 Å². The Bertz CT molecular complexity index is 1500. The summed E-state index contributed by atoms with van der Waals surface area (Å²) in [7, 11) is 1.63. The van der Waals surface area contributed by atoms with Crippen LogP contribution in [-0.2, 0) is 14.9 Å². The molecule has 2 aromatic carbocycles. The van der Waals surface area contributed by atoms with Gasteiger partial charge in [-0.25, -0.2) is 8.78 Å². The molecule has 0 bridgehead atoms. The van der Waals surface area contributed by atoms with Crippen LogP contribution in [0.5, 0.6) is 0 Å². The number of aliphatic carboxylic acids is 1. The van der Waals surface area contributed by atoms with Gasteiger partial charge < -0.3 is 14.4 Å². The molecule has 2 aromatic heterocycles. The highest BCUT2D eigenvalue weighted by molar-refractivity contribution is 6.00. The number of rotatable bonds is 6. The van der Waals surface area contributed by atoms with Gasteiger partial charge in [-0.05, 0) is 74.4 Å². The Morgan fingerprint density at radius 2 is 2.08 bits per heavy atom. The molecule has 0 amide bonds. The van der Waals surface area contributed by atoms with Crippen LogP contribution in [0.15, 0.2) is 30.5 Å². The van der Waals surface area contributed by atoms with E-state index in [2.05, 4.69) is 10.2 Å². The van der Waals surface area contributed by atoms with Crippen molar-refractivity contribution in [3.05, 3.63) is 58.9 Å². The number of carbonyl (C=O) groups is 1. The van der Waals surface area contributed by atoms with Crippen molar-refractivity contribution in [2.45, 2.75) is 58.3 Å². The molecule has 0 radical (unpaired) electrons. The number of hydrogen-bond acceptors (Lipinski definition) is 3. The first-order valence-corrected chi connectivity index (χ1v) is 12.2. The van der Waals surface area contributed by atoms with Crippen molar-refractivity contribution in [1.29, 1.82) is 0 Å². The third-order valence-corrected chi connectivity index (χ3v) is 7.86. The fourth-order valence-corrected chi connectivity index (χ4v) is 6.04. The molecule has 2 atom stereocenters. The molecule has 1 fully saturated rings. The van der Waals surface area contributed by atoms with Crippen LogP contribution in [0.25, 0.3) is 27.5 Å². The molecule has 1 aliphatic carbocycles. The third-order valence-electron chi connectivity index (χ3n) is 7.86. The number of carboxylic acid groups (broad SMARTS) is 1. The minimum absolute atomic E-state index is 0.169. The van der Waals surface area contributed by atoms with Gasteiger partial charge in [0.2, 0.25) is 0 Å². The molecule has 6 nitrogen and oxygen atoms in total. The minimum atomic E-state index is -0.886. The number of fused-ring (bicyclic) bond motifs is 2. The lowest BCUT2D eigenvalue weighted by Gasteiger charge is -2.30. The quantitative estimate of drug-likeness (QED) is 0.325. The molecule has 190 valence electrons. The van der Waals surface area contributed by atoms with E-state index in [1.54, 1.807) is 39.3 Å². The van der Waals surface area contributed by atoms with Crippen molar-refractivity contribution in [2.75, 3.05) is 13.7 Å². The molecule has 1 saturated carbocycles. The van der Waals surface area contributed by atoms with Gasteiger partial charge in [-0.15, -0.1) is 0 Å². The fraction of sp³-hybridized carbons (Fsp3) is 0.429. The fourth-order valence-electron chi connectivity index (χ4n) is 6.04. The maximum atomic E-state index is 16.3. The number of methoxy groups -OCH3 is 1. The van der Waals surface area contributed by atoms with Crippen LogP contribution in [-0.4, -0.2) is 39.6 Å². The van der Waals surface area contributed by atoms with E-state index in [9.17, 15) is 14.3 Å². The second-order valence-electron chi connectivity index (χ2n) is 11.1. The standard InChI is InChI=1S/C28H31F2N3O3/c1-15-10-18(6-7-19(15)29)33-20-11-17-13-31-32-24(17)23(30)22(20)21(25(33)27(2,3)14-36-5)16-8-9-28(4,12-16)26(34)35/h6-7,10-11,13,16H,8-9,12,14H2,1-5H3,(H,31,32)(H,34,35)/t16-,28-/m1/s1. The highest BCUT2D eigenvalue weighted by Gasteiger charge is 2.45. The summed E-state index contributed by atoms with van der Waals surface area (Å²) in [5.74, 6) is -1.73. The molecule has 8 heteroatoms. The smallest absolute Gasteiger partial charge is 0.309 e. The molecule has 2 heterocycles. The second kappa shape index (κ2) is 8.40. The molecule has 0 spiro atoms. The monoisotopic (exact) mass is 495 g/mol. The summed E-state index contributed by atoms with van der Waals surface area (Å²) in [6.07, 6.45) is 3.12. The molecule has 36 heavy (non-hydrogen) atoms. The lowest BCUT2D eigenvalue weighted by molar-refractivity contribution is -0.147. The highest BCUT2D eigenvalue weighted by Crippen LogP contribution is 2.52. The minimum Gasteiger partial charge on any atom is -0.481 e. The van der Waals surface area contributed by atoms with Gasteiger partial charge in [-0.2, -0.15) is 5.10 Å². The topological polar surface area (TPSA) is 80.1 Å². The molecular weight excluding hydrogens is 464 g/mol. The van der Waals surface area contributed by atoms with Gasteiger partial charge >= 0.3 is 5.97 Å². The Balaban J connectivity index is 1.93. The summed E-state index contributed by atoms with van der Waals surface area (Å²) < 4.78 is 38.2. The first-order valence-electron chi connectivity index (χ1n) is 12.2. The Hall–Kier alpha value is -3.26. The average molecular weight is 496 g/mol. The number of nitrogens with one attached hydrogen (secondary N) is 1. The Morgan fingerprint density at radius 1 is 1.33 bits per heavy atom. The molecule has 1 aliphatic rings. The Kier molecular flexibility index (Phi) is 5.70. The number of hydrogen-bond donors (Lipinski definition) is 2. The number of benzene rings is 2. The van der Waals surface area contributed by atoms with Crippen LogP contribution in [0.3, 0.4) is 0 Å². The van der Waals surface area contributed by atoms with Gasteiger partial charge in [-0.3, -0.25) is 9.89 Å². The molecule has 5 rings (SSSR count). The van der Waals surface area contributed by atoms with E-state index < -0.39 is 22.6 Å². The largest absolute Gasteiger partial charge is 0.481 e. The van der Waals surface area contributed by atoms with Crippen molar-refractivity contribution < 1.29 is 23.4 Å². The molecule has 0 unspecified atom stereocenters. The summed E-state index contributed by atoms with van der Waals surface area (Å²) in [5.41, 5.74) is 2.35. The molecular formula is C28H31F2N3O3. The van der Waals surface area contributed by atoms with E-state index >= 15 is 4.39 Å². The van der Waals surface area contributed by atoms with E-state index in [-0.39, 0.29) is 11.7 Å². The summed E-state index contributed by atoms with van der Waals surface area (Å²) in [6.45, 7) is 7.91. The Morgan fingerprint density at radius 3 is 2.72 bits per heavy atom. The van der Waals surface area contributed by atoms with Gasteiger partial charge in [0.25, 0.3) is 0 Å². The molecule has 0 saturated heterocycles. The summed E-state index contributed by atoms with van der Waals surface area (Å²) in [5, 5.41) is 17.8. The van der Waals surface area contributed by atoms with Crippen LogP contribution in [0.4, 0.5) is 8.78 Å². The van der Waals surface area contributed by atoms with E-state index in [4.69, 9.17) is 4.74 Å². The van der Waals surface area contributed by atoms with Gasteiger partial charge in [-0.1, -0.05) is 13.8 Å². The number of H-pyrrole nitrogens is 1. The number of carboxylic acids is 1. The third kappa shape index (κ3) is 3.61. The SMILES string of the molecule is COCC(C)(C)c1c([C@@H]2CC[C@@](C)(C(=O)O)C2)c2c(F)c3[nH]ncc3cc2n1-c1ccc(F)c(C)c1. The summed E-state index contributed by atoms with van der Waals surface area (Å²) in [4.78, 5) is 12.1. The maximum absolute atomic E-state index is 16.3. The molecule has 0 aliphatic heterocycles. The summed E-state index contributed by atoms with van der Waals surface area (Å²) in [6, 6.07) is 6.79. The van der Waals surface area contributed by atoms with Crippen LogP contribution in [0.1, 0.15) is 62.8 Å². The second-order valence-corrected chi connectivity index (χ2v) is 11.1. The first kappa shape index (κ1) is 24.4. The van der Waals surface area contributed by atoms with Crippen molar-refractivity contribution in [3.63, 3.8) is 0 Å². The van der Waals surface area contributed by atoms with Crippen LogP contribution in [0.2, 0.25) is 0 Å². The van der Waals surface area contributed by atoms with Crippen LogP contribution < -0.4 is 0 Å². The predicted molar refractivity (Wildman–Crippen MR) is 135 cm³/mol. The van der Waals surface area contributed by atoms with E-state index in [0.717, 1.165) is 11.3 Å². The normalized spacial score (nSPS) is 20.6. The number of aromatic amines is 1. The summed E-state index contributed by atoms with van der Waals surface area (Å²) >= 11 is 0. The zero-order valence-corrected chi connectivity index (χ0v) is 21.2. The average Bonchev–Trinajstić information content (AvgIpc) is 3.52. The number of aromatic nitrogens is 3. The predicted octanol–water partition coefficient (Wildman–Crippen LogP) is 6.38. The van der Waals surface area contributed by atoms with Gasteiger partial charge in [0.05, 0.1) is 23.7 Å². The first-order chi connectivity index (χ1) is 17.0. The number of nitrogens with zero attached hydrogens (tertiary/aromatic N) is 2. The Labute approximate surface area is 208 Å². The highest BCUT2D eigenvalue weighted by atomic mass is 19.1. The zero-order valence-electron chi connectivity index (χ0n) is 21.2. The zero-order chi connectivity index (χ0) is 26.0. The number of halogens is 2.